The third-order valence-electron chi connectivity index (χ3n) is 5.51. The zero-order valence-electron chi connectivity index (χ0n) is 14.4. The predicted molar refractivity (Wildman–Crippen MR) is 102 cm³/mol. The van der Waals surface area contributed by atoms with Crippen molar-refractivity contribution in [2.24, 2.45) is 0 Å². The summed E-state index contributed by atoms with van der Waals surface area (Å²) in [6, 6.07) is 8.01. The summed E-state index contributed by atoms with van der Waals surface area (Å²) in [5.74, 6) is 1.54. The highest BCUT2D eigenvalue weighted by Gasteiger charge is 2.26. The lowest BCUT2D eigenvalue weighted by Gasteiger charge is -2.32. The summed E-state index contributed by atoms with van der Waals surface area (Å²) in [6.07, 6.45) is 5.97. The Kier molecular flexibility index (Phi) is 4.88. The van der Waals surface area contributed by atoms with Crippen LogP contribution in [0, 0.1) is 0 Å². The number of thioether (sulfide) groups is 1. The van der Waals surface area contributed by atoms with Crippen LogP contribution >= 0.6 is 11.8 Å². The van der Waals surface area contributed by atoms with Crippen molar-refractivity contribution in [2.75, 3.05) is 18.8 Å². The van der Waals surface area contributed by atoms with Gasteiger partial charge >= 0.3 is 5.69 Å². The SMILES string of the molecule is O=C(CCC1CCCS1)N1CCC(n2c(=O)[nH]c3ccccc32)CC1. The number of carbonyl (C=O) groups is 1. The number of nitrogens with one attached hydrogen (secondary N) is 1. The molecule has 25 heavy (non-hydrogen) atoms. The number of piperidine rings is 1. The van der Waals surface area contributed by atoms with Gasteiger partial charge in [0.1, 0.15) is 0 Å². The van der Waals surface area contributed by atoms with Gasteiger partial charge in [0.05, 0.1) is 11.0 Å². The molecule has 2 fully saturated rings. The molecule has 1 aromatic heterocycles. The molecular weight excluding hydrogens is 334 g/mol. The maximum atomic E-state index is 12.5. The number of para-hydroxylation sites is 2. The lowest BCUT2D eigenvalue weighted by atomic mass is 10.0. The molecule has 3 heterocycles. The molecule has 1 amide bonds. The Labute approximate surface area is 151 Å². The molecule has 2 saturated heterocycles. The van der Waals surface area contributed by atoms with Gasteiger partial charge < -0.3 is 9.88 Å². The van der Waals surface area contributed by atoms with Crippen LogP contribution in [-0.4, -0.2) is 44.5 Å². The predicted octanol–water partition coefficient (Wildman–Crippen LogP) is 3.17. The van der Waals surface area contributed by atoms with Crippen LogP contribution in [0.25, 0.3) is 11.0 Å². The summed E-state index contributed by atoms with van der Waals surface area (Å²) in [5, 5.41) is 0.686. The van der Waals surface area contributed by atoms with Crippen molar-refractivity contribution in [1.29, 1.82) is 0 Å². The number of aromatic nitrogens is 2. The number of amides is 1. The van der Waals surface area contributed by atoms with Crippen LogP contribution in [0.3, 0.4) is 0 Å². The minimum atomic E-state index is -0.0377. The molecule has 0 spiro atoms. The number of benzene rings is 1. The first-order valence-corrected chi connectivity index (χ1v) is 10.4. The molecular formula is C19H25N3O2S. The van der Waals surface area contributed by atoms with E-state index in [1.807, 2.05) is 45.5 Å². The van der Waals surface area contributed by atoms with Gasteiger partial charge in [-0.2, -0.15) is 11.8 Å². The van der Waals surface area contributed by atoms with Gasteiger partial charge in [0, 0.05) is 30.8 Å². The topological polar surface area (TPSA) is 58.1 Å². The summed E-state index contributed by atoms with van der Waals surface area (Å²) in [7, 11) is 0. The van der Waals surface area contributed by atoms with E-state index < -0.39 is 0 Å². The summed E-state index contributed by atoms with van der Waals surface area (Å²) >= 11 is 2.02. The number of rotatable bonds is 4. The smallest absolute Gasteiger partial charge is 0.326 e. The third kappa shape index (κ3) is 3.50. The Morgan fingerprint density at radius 3 is 2.76 bits per heavy atom. The van der Waals surface area contributed by atoms with Gasteiger partial charge in [-0.3, -0.25) is 9.36 Å². The average Bonchev–Trinajstić information content (AvgIpc) is 3.26. The number of nitrogens with zero attached hydrogens (tertiary/aromatic N) is 2. The Hall–Kier alpha value is -1.69. The third-order valence-corrected chi connectivity index (χ3v) is 6.98. The van der Waals surface area contributed by atoms with E-state index in [1.54, 1.807) is 0 Å². The molecule has 5 nitrogen and oxygen atoms in total. The van der Waals surface area contributed by atoms with Crippen molar-refractivity contribution in [2.45, 2.75) is 49.8 Å². The number of fused-ring (bicyclic) bond motifs is 1. The standard InChI is InChI=1S/C19H25N3O2S/c23-18(8-7-15-4-3-13-25-15)21-11-9-14(10-12-21)22-17-6-2-1-5-16(17)20-19(22)24/h1-2,5-6,14-15H,3-4,7-13H2,(H,20,24). The van der Waals surface area contributed by atoms with Crippen molar-refractivity contribution < 1.29 is 4.79 Å². The summed E-state index contributed by atoms with van der Waals surface area (Å²) < 4.78 is 1.88. The molecule has 1 aromatic carbocycles. The Balaban J connectivity index is 1.37. The van der Waals surface area contributed by atoms with Crippen LogP contribution in [0.15, 0.2) is 29.1 Å². The van der Waals surface area contributed by atoms with Gasteiger partial charge in [0.25, 0.3) is 0 Å². The quantitative estimate of drug-likeness (QED) is 0.912. The van der Waals surface area contributed by atoms with Gasteiger partial charge in [-0.05, 0) is 50.0 Å². The van der Waals surface area contributed by atoms with Crippen LogP contribution in [0.1, 0.15) is 44.6 Å². The fraction of sp³-hybridized carbons (Fsp3) is 0.579. The van der Waals surface area contributed by atoms with Crippen molar-refractivity contribution in [3.05, 3.63) is 34.7 Å². The molecule has 1 atom stereocenters. The van der Waals surface area contributed by atoms with E-state index in [0.29, 0.717) is 11.7 Å². The first-order chi connectivity index (χ1) is 12.2. The molecule has 2 aliphatic rings. The van der Waals surface area contributed by atoms with Crippen molar-refractivity contribution in [3.8, 4) is 0 Å². The molecule has 0 bridgehead atoms. The zero-order chi connectivity index (χ0) is 17.2. The second-order valence-corrected chi connectivity index (χ2v) is 8.51. The second-order valence-electron chi connectivity index (χ2n) is 7.10. The highest BCUT2D eigenvalue weighted by atomic mass is 32.2. The first-order valence-electron chi connectivity index (χ1n) is 9.31. The highest BCUT2D eigenvalue weighted by Crippen LogP contribution is 2.30. The minimum absolute atomic E-state index is 0.0377. The normalized spacial score (nSPS) is 21.9. The fourth-order valence-electron chi connectivity index (χ4n) is 4.12. The van der Waals surface area contributed by atoms with E-state index in [4.69, 9.17) is 0 Å². The first kappa shape index (κ1) is 16.8. The summed E-state index contributed by atoms with van der Waals surface area (Å²) in [5.41, 5.74) is 1.82. The number of imidazole rings is 1. The number of carbonyl (C=O) groups excluding carboxylic acids is 1. The van der Waals surface area contributed by atoms with E-state index in [0.717, 1.165) is 43.4 Å². The molecule has 1 unspecified atom stereocenters. The molecule has 2 aromatic rings. The Morgan fingerprint density at radius 1 is 1.20 bits per heavy atom. The van der Waals surface area contributed by atoms with Gasteiger partial charge in [0.15, 0.2) is 0 Å². The average molecular weight is 359 g/mol. The number of hydrogen-bond donors (Lipinski definition) is 1. The summed E-state index contributed by atoms with van der Waals surface area (Å²) in [4.78, 5) is 29.7. The van der Waals surface area contributed by atoms with Crippen molar-refractivity contribution in [3.63, 3.8) is 0 Å². The molecule has 4 rings (SSSR count). The van der Waals surface area contributed by atoms with Crippen LogP contribution in [-0.2, 0) is 4.79 Å². The van der Waals surface area contributed by atoms with Crippen molar-refractivity contribution in [1.82, 2.24) is 14.5 Å². The van der Waals surface area contributed by atoms with Crippen LogP contribution < -0.4 is 5.69 Å². The van der Waals surface area contributed by atoms with Crippen LogP contribution in [0.2, 0.25) is 0 Å². The van der Waals surface area contributed by atoms with Crippen molar-refractivity contribution >= 4 is 28.7 Å². The molecule has 0 saturated carbocycles. The Bertz CT molecular complexity index is 798. The molecule has 2 aliphatic heterocycles. The molecule has 6 heteroatoms. The Morgan fingerprint density at radius 2 is 2.00 bits per heavy atom. The van der Waals surface area contributed by atoms with Crippen LogP contribution in [0.4, 0.5) is 0 Å². The minimum Gasteiger partial charge on any atom is -0.343 e. The van der Waals surface area contributed by atoms with E-state index in [2.05, 4.69) is 4.98 Å². The highest BCUT2D eigenvalue weighted by molar-refractivity contribution is 8.00. The molecule has 0 aliphatic carbocycles. The second kappa shape index (κ2) is 7.28. The maximum absolute atomic E-state index is 12.5. The number of H-pyrrole nitrogens is 1. The van der Waals surface area contributed by atoms with E-state index in [-0.39, 0.29) is 17.6 Å². The van der Waals surface area contributed by atoms with E-state index in [9.17, 15) is 9.59 Å². The lowest BCUT2D eigenvalue weighted by molar-refractivity contribution is -0.132. The van der Waals surface area contributed by atoms with E-state index >= 15 is 0 Å². The summed E-state index contributed by atoms with van der Waals surface area (Å²) in [6.45, 7) is 1.51. The molecule has 0 radical (unpaired) electrons. The monoisotopic (exact) mass is 359 g/mol. The van der Waals surface area contributed by atoms with Gasteiger partial charge in [-0.1, -0.05) is 12.1 Å². The zero-order valence-corrected chi connectivity index (χ0v) is 15.3. The molecule has 134 valence electrons. The lowest BCUT2D eigenvalue weighted by Crippen LogP contribution is -2.40. The largest absolute Gasteiger partial charge is 0.343 e. The number of hydrogen-bond acceptors (Lipinski definition) is 3. The van der Waals surface area contributed by atoms with Crippen LogP contribution in [0.5, 0.6) is 0 Å². The fourth-order valence-corrected chi connectivity index (χ4v) is 5.41. The maximum Gasteiger partial charge on any atom is 0.326 e. The molecule has 1 N–H and O–H groups in total. The van der Waals surface area contributed by atoms with Gasteiger partial charge in [-0.25, -0.2) is 4.79 Å². The van der Waals surface area contributed by atoms with E-state index in [1.165, 1.54) is 18.6 Å². The number of likely N-dealkylation sites (tertiary alicyclic amines) is 1. The van der Waals surface area contributed by atoms with Gasteiger partial charge in [-0.15, -0.1) is 0 Å². The number of aromatic amines is 1. The van der Waals surface area contributed by atoms with Gasteiger partial charge in [0.2, 0.25) is 5.91 Å².